The standard InChI is InChI=1S/C15H11N3O6S/c1-16-25(22,23)12-7-6-9(8-17-12)15(21)24-18-13(19)10-4-2-3-5-11(10)14(18)20/h2-8,16H,1H3. The lowest BCUT2D eigenvalue weighted by molar-refractivity contribution is -0.0584. The summed E-state index contributed by atoms with van der Waals surface area (Å²) >= 11 is 0. The van der Waals surface area contributed by atoms with Gasteiger partial charge in [-0.05, 0) is 31.3 Å². The third kappa shape index (κ3) is 2.88. The highest BCUT2D eigenvalue weighted by Gasteiger charge is 2.38. The minimum absolute atomic E-state index is 0.119. The maximum Gasteiger partial charge on any atom is 0.365 e. The molecule has 2 amide bonds. The average molecular weight is 361 g/mol. The number of hydrogen-bond donors (Lipinski definition) is 1. The number of carbonyl (C=O) groups is 3. The van der Waals surface area contributed by atoms with E-state index >= 15 is 0 Å². The van der Waals surface area contributed by atoms with E-state index in [-0.39, 0.29) is 21.7 Å². The fraction of sp³-hybridized carbons (Fsp3) is 0.0667. The number of rotatable bonds is 4. The summed E-state index contributed by atoms with van der Waals surface area (Å²) in [5.41, 5.74) is 0.148. The molecular formula is C15H11N3O6S. The lowest BCUT2D eigenvalue weighted by atomic mass is 10.1. The van der Waals surface area contributed by atoms with Gasteiger partial charge in [-0.3, -0.25) is 9.59 Å². The maximum absolute atomic E-state index is 12.1. The highest BCUT2D eigenvalue weighted by Crippen LogP contribution is 2.23. The first-order valence-electron chi connectivity index (χ1n) is 6.95. The van der Waals surface area contributed by atoms with E-state index < -0.39 is 27.8 Å². The number of imide groups is 1. The van der Waals surface area contributed by atoms with Gasteiger partial charge in [0.25, 0.3) is 21.8 Å². The molecule has 0 spiro atoms. The Kier molecular flexibility index (Phi) is 4.07. The number of carbonyl (C=O) groups excluding carboxylic acids is 3. The van der Waals surface area contributed by atoms with Crippen LogP contribution < -0.4 is 4.72 Å². The lowest BCUT2D eigenvalue weighted by Crippen LogP contribution is -2.32. The topological polar surface area (TPSA) is 123 Å². The molecule has 0 unspecified atom stereocenters. The molecule has 1 aromatic carbocycles. The largest absolute Gasteiger partial charge is 0.365 e. The van der Waals surface area contributed by atoms with Gasteiger partial charge in [-0.1, -0.05) is 17.2 Å². The van der Waals surface area contributed by atoms with Crippen molar-refractivity contribution in [2.45, 2.75) is 5.03 Å². The summed E-state index contributed by atoms with van der Waals surface area (Å²) in [5.74, 6) is -2.53. The molecule has 1 N–H and O–H groups in total. The van der Waals surface area contributed by atoms with Crippen LogP contribution in [0.4, 0.5) is 0 Å². The van der Waals surface area contributed by atoms with E-state index in [9.17, 15) is 22.8 Å². The Morgan fingerprint density at radius 1 is 1.08 bits per heavy atom. The van der Waals surface area contributed by atoms with Crippen molar-refractivity contribution in [2.24, 2.45) is 0 Å². The van der Waals surface area contributed by atoms with Crippen molar-refractivity contribution in [2.75, 3.05) is 7.05 Å². The Balaban J connectivity index is 1.80. The molecule has 9 nitrogen and oxygen atoms in total. The third-order valence-electron chi connectivity index (χ3n) is 3.45. The van der Waals surface area contributed by atoms with E-state index in [0.717, 1.165) is 18.3 Å². The predicted octanol–water partition coefficient (Wildman–Crippen LogP) is 0.358. The number of nitrogens with zero attached hydrogens (tertiary/aromatic N) is 2. The van der Waals surface area contributed by atoms with Gasteiger partial charge in [-0.25, -0.2) is 22.9 Å². The van der Waals surface area contributed by atoms with E-state index in [0.29, 0.717) is 5.06 Å². The van der Waals surface area contributed by atoms with Crippen molar-refractivity contribution in [3.8, 4) is 0 Å². The Bertz CT molecular complexity index is 950. The molecule has 0 bridgehead atoms. The van der Waals surface area contributed by atoms with Gasteiger partial charge in [0.05, 0.1) is 16.7 Å². The molecule has 0 saturated heterocycles. The van der Waals surface area contributed by atoms with Crippen molar-refractivity contribution in [3.63, 3.8) is 0 Å². The number of benzene rings is 1. The van der Waals surface area contributed by atoms with Crippen LogP contribution in [0.3, 0.4) is 0 Å². The Hall–Kier alpha value is -3.11. The van der Waals surface area contributed by atoms with Gasteiger partial charge in [0, 0.05) is 6.20 Å². The number of aromatic nitrogens is 1. The van der Waals surface area contributed by atoms with Crippen molar-refractivity contribution >= 4 is 27.8 Å². The summed E-state index contributed by atoms with van der Waals surface area (Å²) in [6, 6.07) is 8.33. The SMILES string of the molecule is CNS(=O)(=O)c1ccc(C(=O)ON2C(=O)c3ccccc3C2=O)cn1. The zero-order valence-corrected chi connectivity index (χ0v) is 13.6. The van der Waals surface area contributed by atoms with Crippen LogP contribution in [0.2, 0.25) is 0 Å². The average Bonchev–Trinajstić information content (AvgIpc) is 2.87. The minimum Gasteiger partial charge on any atom is -0.324 e. The highest BCUT2D eigenvalue weighted by atomic mass is 32.2. The van der Waals surface area contributed by atoms with Crippen molar-refractivity contribution in [1.29, 1.82) is 0 Å². The third-order valence-corrected chi connectivity index (χ3v) is 4.78. The second kappa shape index (κ2) is 6.07. The molecule has 2 aromatic rings. The van der Waals surface area contributed by atoms with Crippen molar-refractivity contribution in [3.05, 3.63) is 59.3 Å². The van der Waals surface area contributed by atoms with Gasteiger partial charge in [0.15, 0.2) is 5.03 Å². The van der Waals surface area contributed by atoms with Crippen molar-refractivity contribution in [1.82, 2.24) is 14.8 Å². The molecule has 0 fully saturated rings. The van der Waals surface area contributed by atoms with E-state index in [2.05, 4.69) is 9.71 Å². The summed E-state index contributed by atoms with van der Waals surface area (Å²) < 4.78 is 25.3. The molecule has 0 saturated carbocycles. The van der Waals surface area contributed by atoms with Gasteiger partial charge in [0.1, 0.15) is 0 Å². The first-order valence-corrected chi connectivity index (χ1v) is 8.43. The smallest absolute Gasteiger partial charge is 0.324 e. The monoisotopic (exact) mass is 361 g/mol. The molecule has 3 rings (SSSR count). The quantitative estimate of drug-likeness (QED) is 0.780. The fourth-order valence-electron chi connectivity index (χ4n) is 2.15. The van der Waals surface area contributed by atoms with Crippen LogP contribution in [0.15, 0.2) is 47.6 Å². The molecule has 10 heteroatoms. The zero-order valence-electron chi connectivity index (χ0n) is 12.8. The number of fused-ring (bicyclic) bond motifs is 1. The highest BCUT2D eigenvalue weighted by molar-refractivity contribution is 7.89. The summed E-state index contributed by atoms with van der Waals surface area (Å²) in [5, 5.41) is 0.0814. The molecule has 0 atom stereocenters. The van der Waals surface area contributed by atoms with Crippen LogP contribution in [-0.4, -0.2) is 43.3 Å². The predicted molar refractivity (Wildman–Crippen MR) is 82.8 cm³/mol. The fourth-order valence-corrected chi connectivity index (χ4v) is 2.80. The molecule has 1 aliphatic heterocycles. The van der Waals surface area contributed by atoms with Gasteiger partial charge >= 0.3 is 5.97 Å². The van der Waals surface area contributed by atoms with Crippen LogP contribution in [-0.2, 0) is 14.9 Å². The number of hydroxylamine groups is 2. The Morgan fingerprint density at radius 2 is 1.68 bits per heavy atom. The number of nitrogens with one attached hydrogen (secondary N) is 1. The van der Waals surface area contributed by atoms with E-state index in [1.54, 1.807) is 12.1 Å². The van der Waals surface area contributed by atoms with E-state index in [1.165, 1.54) is 19.2 Å². The second-order valence-electron chi connectivity index (χ2n) is 4.92. The van der Waals surface area contributed by atoms with E-state index in [1.807, 2.05) is 0 Å². The number of hydrogen-bond acceptors (Lipinski definition) is 7. The zero-order chi connectivity index (χ0) is 18.2. The van der Waals surface area contributed by atoms with Gasteiger partial charge in [-0.15, -0.1) is 0 Å². The molecule has 128 valence electrons. The summed E-state index contributed by atoms with van der Waals surface area (Å²) in [6.07, 6.45) is 0.977. The number of amides is 2. The van der Waals surface area contributed by atoms with Gasteiger partial charge in [0.2, 0.25) is 0 Å². The lowest BCUT2D eigenvalue weighted by Gasteiger charge is -2.12. The number of sulfonamides is 1. The molecule has 0 radical (unpaired) electrons. The Labute approximate surface area is 142 Å². The van der Waals surface area contributed by atoms with Crippen molar-refractivity contribution < 1.29 is 27.6 Å². The van der Waals surface area contributed by atoms with Gasteiger partial charge < -0.3 is 4.84 Å². The second-order valence-corrected chi connectivity index (χ2v) is 6.76. The van der Waals surface area contributed by atoms with Gasteiger partial charge in [-0.2, -0.15) is 0 Å². The Morgan fingerprint density at radius 3 is 2.16 bits per heavy atom. The minimum atomic E-state index is -3.75. The number of pyridine rings is 1. The van der Waals surface area contributed by atoms with Crippen LogP contribution in [0, 0.1) is 0 Å². The molecular weight excluding hydrogens is 350 g/mol. The first-order chi connectivity index (χ1) is 11.8. The molecule has 25 heavy (non-hydrogen) atoms. The maximum atomic E-state index is 12.1. The summed E-state index contributed by atoms with van der Waals surface area (Å²) in [6.45, 7) is 0. The summed E-state index contributed by atoms with van der Waals surface area (Å²) in [4.78, 5) is 44.8. The van der Waals surface area contributed by atoms with Crippen LogP contribution in [0.1, 0.15) is 31.1 Å². The van der Waals surface area contributed by atoms with Crippen LogP contribution in [0.25, 0.3) is 0 Å². The molecule has 0 aliphatic carbocycles. The first kappa shape index (κ1) is 16.7. The van der Waals surface area contributed by atoms with Crippen LogP contribution >= 0.6 is 0 Å². The normalized spacial score (nSPS) is 13.7. The van der Waals surface area contributed by atoms with E-state index in [4.69, 9.17) is 4.84 Å². The molecule has 1 aromatic heterocycles. The molecule has 2 heterocycles. The summed E-state index contributed by atoms with van der Waals surface area (Å²) in [7, 11) is -2.53. The van der Waals surface area contributed by atoms with Crippen LogP contribution in [0.5, 0.6) is 0 Å². The molecule has 1 aliphatic rings.